The summed E-state index contributed by atoms with van der Waals surface area (Å²) < 4.78 is 5.18. The van der Waals surface area contributed by atoms with Crippen LogP contribution in [0.1, 0.15) is 42.3 Å². The van der Waals surface area contributed by atoms with Gasteiger partial charge in [0.1, 0.15) is 0 Å². The van der Waals surface area contributed by atoms with E-state index in [1.165, 1.54) is 0 Å². The normalized spacial score (nSPS) is 12.5. The molecule has 0 bridgehead atoms. The summed E-state index contributed by atoms with van der Waals surface area (Å²) >= 11 is 0. The first-order valence-electron chi connectivity index (χ1n) is 4.85. The Morgan fingerprint density at radius 2 is 1.93 bits per heavy atom. The number of hydrogen-bond donors (Lipinski definition) is 0. The maximum Gasteiger partial charge on any atom is 0.162 e. The number of benzene rings is 1. The van der Waals surface area contributed by atoms with Crippen molar-refractivity contribution in [2.75, 3.05) is 7.11 Å². The van der Waals surface area contributed by atoms with Gasteiger partial charge in [-0.05, 0) is 12.5 Å². The van der Waals surface area contributed by atoms with Crippen molar-refractivity contribution in [3.8, 4) is 0 Å². The first-order chi connectivity index (χ1) is 6.69. The third kappa shape index (κ3) is 2.42. The topological polar surface area (TPSA) is 26.3 Å². The Morgan fingerprint density at radius 1 is 1.36 bits per heavy atom. The molecule has 1 aromatic carbocycles. The zero-order valence-electron chi connectivity index (χ0n) is 8.91. The van der Waals surface area contributed by atoms with Crippen LogP contribution in [-0.4, -0.2) is 12.9 Å². The van der Waals surface area contributed by atoms with E-state index in [4.69, 9.17) is 4.74 Å². The van der Waals surface area contributed by atoms with Crippen LogP contribution in [0.5, 0.6) is 0 Å². The lowest BCUT2D eigenvalue weighted by Crippen LogP contribution is -1.99. The van der Waals surface area contributed by atoms with Crippen molar-refractivity contribution in [3.63, 3.8) is 0 Å². The fraction of sp³-hybridized carbons (Fsp3) is 0.417. The fourth-order valence-corrected chi connectivity index (χ4v) is 1.28. The molecule has 0 amide bonds. The minimum atomic E-state index is 0.0841. The van der Waals surface area contributed by atoms with Gasteiger partial charge >= 0.3 is 0 Å². The molecular weight excluding hydrogens is 176 g/mol. The maximum absolute atomic E-state index is 11.3. The summed E-state index contributed by atoms with van der Waals surface area (Å²) in [6.45, 7) is 3.85. The van der Waals surface area contributed by atoms with Crippen molar-refractivity contribution in [1.29, 1.82) is 0 Å². The predicted octanol–water partition coefficient (Wildman–Crippen LogP) is 2.99. The summed E-state index contributed by atoms with van der Waals surface area (Å²) in [7, 11) is 1.68. The molecule has 0 spiro atoms. The van der Waals surface area contributed by atoms with Crippen molar-refractivity contribution in [1.82, 2.24) is 0 Å². The van der Waals surface area contributed by atoms with Crippen LogP contribution < -0.4 is 0 Å². The van der Waals surface area contributed by atoms with E-state index in [0.717, 1.165) is 11.1 Å². The van der Waals surface area contributed by atoms with Gasteiger partial charge in [-0.2, -0.15) is 0 Å². The highest BCUT2D eigenvalue weighted by Gasteiger charge is 2.05. The minimum Gasteiger partial charge on any atom is -0.377 e. The highest BCUT2D eigenvalue weighted by molar-refractivity contribution is 5.95. The minimum absolute atomic E-state index is 0.0841. The molecule has 1 rings (SSSR count). The molecule has 1 atom stereocenters. The Bertz CT molecular complexity index is 301. The van der Waals surface area contributed by atoms with Gasteiger partial charge in [0.2, 0.25) is 0 Å². The molecule has 0 N–H and O–H groups in total. The van der Waals surface area contributed by atoms with Crippen molar-refractivity contribution in [3.05, 3.63) is 35.4 Å². The van der Waals surface area contributed by atoms with Gasteiger partial charge in [0.15, 0.2) is 5.78 Å². The van der Waals surface area contributed by atoms with Crippen LogP contribution in [0, 0.1) is 0 Å². The van der Waals surface area contributed by atoms with E-state index < -0.39 is 0 Å². The highest BCUT2D eigenvalue weighted by Crippen LogP contribution is 2.16. The standard InChI is InChI=1S/C12H16O2/c1-4-12(13)11-7-5-10(6-8-11)9(2)14-3/h5-9H,4H2,1-3H3/t9-/m1/s1. The molecule has 0 saturated heterocycles. The second-order valence-corrected chi connectivity index (χ2v) is 3.28. The Kier molecular flexibility index (Phi) is 3.84. The lowest BCUT2D eigenvalue weighted by molar-refractivity contribution is 0.0987. The second-order valence-electron chi connectivity index (χ2n) is 3.28. The van der Waals surface area contributed by atoms with Crippen LogP contribution in [0.15, 0.2) is 24.3 Å². The van der Waals surface area contributed by atoms with Gasteiger partial charge < -0.3 is 4.74 Å². The van der Waals surface area contributed by atoms with E-state index in [0.29, 0.717) is 6.42 Å². The molecule has 76 valence electrons. The lowest BCUT2D eigenvalue weighted by Gasteiger charge is -2.09. The van der Waals surface area contributed by atoms with E-state index >= 15 is 0 Å². The SMILES string of the molecule is CCC(=O)c1ccc([C@@H](C)OC)cc1. The third-order valence-electron chi connectivity index (χ3n) is 2.38. The van der Waals surface area contributed by atoms with Crippen LogP contribution in [0.3, 0.4) is 0 Å². The number of carbonyl (C=O) groups is 1. The number of ketones is 1. The number of methoxy groups -OCH3 is 1. The zero-order chi connectivity index (χ0) is 10.6. The van der Waals surface area contributed by atoms with Crippen LogP contribution in [0.2, 0.25) is 0 Å². The van der Waals surface area contributed by atoms with Crippen LogP contribution >= 0.6 is 0 Å². The average Bonchev–Trinajstić information content (AvgIpc) is 2.27. The Hall–Kier alpha value is -1.15. The van der Waals surface area contributed by atoms with E-state index in [2.05, 4.69) is 0 Å². The van der Waals surface area contributed by atoms with Gasteiger partial charge in [-0.25, -0.2) is 0 Å². The van der Waals surface area contributed by atoms with E-state index in [9.17, 15) is 4.79 Å². The molecule has 0 heterocycles. The molecule has 2 heteroatoms. The zero-order valence-corrected chi connectivity index (χ0v) is 8.91. The average molecular weight is 192 g/mol. The van der Waals surface area contributed by atoms with Crippen molar-refractivity contribution in [2.45, 2.75) is 26.4 Å². The maximum atomic E-state index is 11.3. The number of rotatable bonds is 4. The van der Waals surface area contributed by atoms with Crippen molar-refractivity contribution >= 4 is 5.78 Å². The van der Waals surface area contributed by atoms with Gasteiger partial charge in [0.25, 0.3) is 0 Å². The summed E-state index contributed by atoms with van der Waals surface area (Å²) in [5, 5.41) is 0. The van der Waals surface area contributed by atoms with Gasteiger partial charge in [0.05, 0.1) is 6.10 Å². The molecular formula is C12H16O2. The van der Waals surface area contributed by atoms with E-state index in [-0.39, 0.29) is 11.9 Å². The van der Waals surface area contributed by atoms with E-state index in [1.54, 1.807) is 7.11 Å². The molecule has 2 nitrogen and oxygen atoms in total. The molecule has 0 unspecified atom stereocenters. The Morgan fingerprint density at radius 3 is 2.36 bits per heavy atom. The molecule has 0 fully saturated rings. The fourth-order valence-electron chi connectivity index (χ4n) is 1.28. The molecule has 0 aliphatic rings. The first-order valence-corrected chi connectivity index (χ1v) is 4.85. The van der Waals surface area contributed by atoms with Gasteiger partial charge in [0, 0.05) is 19.1 Å². The van der Waals surface area contributed by atoms with Gasteiger partial charge in [-0.3, -0.25) is 4.79 Å². The summed E-state index contributed by atoms with van der Waals surface area (Å²) in [4.78, 5) is 11.3. The first kappa shape index (κ1) is 10.9. The molecule has 14 heavy (non-hydrogen) atoms. The van der Waals surface area contributed by atoms with Crippen LogP contribution in [0.25, 0.3) is 0 Å². The van der Waals surface area contributed by atoms with Crippen LogP contribution in [0.4, 0.5) is 0 Å². The summed E-state index contributed by atoms with van der Waals surface area (Å²) in [5.41, 5.74) is 1.87. The monoisotopic (exact) mass is 192 g/mol. The predicted molar refractivity (Wildman–Crippen MR) is 56.5 cm³/mol. The molecule has 0 radical (unpaired) electrons. The van der Waals surface area contributed by atoms with Gasteiger partial charge in [-0.15, -0.1) is 0 Å². The number of hydrogen-bond acceptors (Lipinski definition) is 2. The summed E-state index contributed by atoms with van der Waals surface area (Å²) in [6.07, 6.45) is 0.639. The summed E-state index contributed by atoms with van der Waals surface area (Å²) in [5.74, 6) is 0.182. The quantitative estimate of drug-likeness (QED) is 0.685. The largest absolute Gasteiger partial charge is 0.377 e. The Labute approximate surface area is 84.9 Å². The Balaban J connectivity index is 2.83. The third-order valence-corrected chi connectivity index (χ3v) is 2.38. The molecule has 0 aromatic heterocycles. The molecule has 0 aliphatic heterocycles. The lowest BCUT2D eigenvalue weighted by atomic mass is 10.0. The summed E-state index contributed by atoms with van der Waals surface area (Å²) in [6, 6.07) is 7.60. The van der Waals surface area contributed by atoms with Crippen LogP contribution in [-0.2, 0) is 4.74 Å². The highest BCUT2D eigenvalue weighted by atomic mass is 16.5. The van der Waals surface area contributed by atoms with Gasteiger partial charge in [-0.1, -0.05) is 31.2 Å². The van der Waals surface area contributed by atoms with E-state index in [1.807, 2.05) is 38.1 Å². The molecule has 0 saturated carbocycles. The smallest absolute Gasteiger partial charge is 0.162 e. The number of carbonyl (C=O) groups excluding carboxylic acids is 1. The number of Topliss-reactive ketones (excluding diaryl/α,β-unsaturated/α-hetero) is 1. The molecule has 1 aromatic rings. The molecule has 0 aliphatic carbocycles. The van der Waals surface area contributed by atoms with Crippen molar-refractivity contribution < 1.29 is 9.53 Å². The number of ether oxygens (including phenoxy) is 1. The second kappa shape index (κ2) is 4.91. The van der Waals surface area contributed by atoms with Crippen molar-refractivity contribution in [2.24, 2.45) is 0 Å².